The molecule has 0 aromatic carbocycles. The molecule has 1 aromatic heterocycles. The lowest BCUT2D eigenvalue weighted by atomic mass is 9.95. The molecule has 0 atom stereocenters. The molecular formula is C18H29N5O. The molecule has 1 aromatic rings. The third-order valence-corrected chi connectivity index (χ3v) is 4.90. The average molecular weight is 331 g/mol. The Labute approximate surface area is 144 Å². The average Bonchev–Trinajstić information content (AvgIpc) is 3.33. The molecule has 6 heteroatoms. The van der Waals surface area contributed by atoms with E-state index in [1.54, 1.807) is 0 Å². The second-order valence-electron chi connectivity index (χ2n) is 7.24. The van der Waals surface area contributed by atoms with E-state index in [1.807, 2.05) is 24.0 Å². The van der Waals surface area contributed by atoms with Crippen molar-refractivity contribution in [3.05, 3.63) is 23.8 Å². The number of allylic oxidation sites excluding steroid dienone is 1. The van der Waals surface area contributed by atoms with Crippen molar-refractivity contribution in [1.29, 1.82) is 0 Å². The predicted octanol–water partition coefficient (Wildman–Crippen LogP) is 2.35. The monoisotopic (exact) mass is 331 g/mol. The first-order valence-electron chi connectivity index (χ1n) is 9.07. The molecule has 3 rings (SSSR count). The molecule has 0 bridgehead atoms. The summed E-state index contributed by atoms with van der Waals surface area (Å²) < 4.78 is 2.39. The molecule has 0 N–H and O–H groups in total. The number of piperidine rings is 1. The zero-order chi connectivity index (χ0) is 17.1. The van der Waals surface area contributed by atoms with E-state index in [1.165, 1.54) is 12.8 Å². The van der Waals surface area contributed by atoms with Crippen molar-refractivity contribution in [2.24, 2.45) is 0 Å². The Balaban J connectivity index is 1.66. The molecule has 0 unspecified atom stereocenters. The fraction of sp³-hybridized carbons (Fsp3) is 0.722. The molecule has 1 amide bonds. The minimum Gasteiger partial charge on any atom is -0.342 e. The van der Waals surface area contributed by atoms with Gasteiger partial charge in [0.05, 0.1) is 6.54 Å². The maximum Gasteiger partial charge on any atom is 0.226 e. The molecule has 1 saturated carbocycles. The molecule has 132 valence electrons. The van der Waals surface area contributed by atoms with Gasteiger partial charge in [-0.1, -0.05) is 12.2 Å². The van der Waals surface area contributed by atoms with E-state index >= 15 is 0 Å². The zero-order valence-corrected chi connectivity index (χ0v) is 15.1. The Hall–Kier alpha value is -1.69. The smallest absolute Gasteiger partial charge is 0.226 e. The zero-order valence-electron chi connectivity index (χ0n) is 15.1. The van der Waals surface area contributed by atoms with Gasteiger partial charge < -0.3 is 14.4 Å². The largest absolute Gasteiger partial charge is 0.342 e. The number of carbonyl (C=O) groups is 1. The van der Waals surface area contributed by atoms with E-state index in [0.717, 1.165) is 44.1 Å². The van der Waals surface area contributed by atoms with Crippen LogP contribution in [0.15, 0.2) is 12.2 Å². The highest BCUT2D eigenvalue weighted by Gasteiger charge is 2.34. The van der Waals surface area contributed by atoms with Crippen LogP contribution in [0.1, 0.15) is 62.6 Å². The van der Waals surface area contributed by atoms with Gasteiger partial charge in [-0.15, -0.1) is 10.2 Å². The normalized spacial score (nSPS) is 19.6. The molecule has 24 heavy (non-hydrogen) atoms. The van der Waals surface area contributed by atoms with E-state index in [9.17, 15) is 4.79 Å². The minimum absolute atomic E-state index is 0.239. The number of hydrogen-bond donors (Lipinski definition) is 0. The van der Waals surface area contributed by atoms with Crippen molar-refractivity contribution >= 4 is 5.91 Å². The lowest BCUT2D eigenvalue weighted by molar-refractivity contribution is -0.131. The quantitative estimate of drug-likeness (QED) is 0.751. The van der Waals surface area contributed by atoms with Crippen LogP contribution < -0.4 is 0 Å². The summed E-state index contributed by atoms with van der Waals surface area (Å²) in [6.07, 6.45) is 8.87. The van der Waals surface area contributed by atoms with Crippen molar-refractivity contribution < 1.29 is 4.79 Å². The van der Waals surface area contributed by atoms with Gasteiger partial charge in [0.2, 0.25) is 5.91 Å². The van der Waals surface area contributed by atoms with Gasteiger partial charge in [-0.05, 0) is 46.7 Å². The maximum absolute atomic E-state index is 12.1. The van der Waals surface area contributed by atoms with Gasteiger partial charge in [-0.2, -0.15) is 0 Å². The van der Waals surface area contributed by atoms with Crippen molar-refractivity contribution in [1.82, 2.24) is 24.6 Å². The van der Waals surface area contributed by atoms with E-state index in [-0.39, 0.29) is 5.91 Å². The molecule has 1 aliphatic heterocycles. The first kappa shape index (κ1) is 17.1. The second kappa shape index (κ2) is 7.47. The van der Waals surface area contributed by atoms with Crippen molar-refractivity contribution in [3.8, 4) is 0 Å². The lowest BCUT2D eigenvalue weighted by Gasteiger charge is -2.31. The summed E-state index contributed by atoms with van der Waals surface area (Å²) in [7, 11) is 4.14. The van der Waals surface area contributed by atoms with Gasteiger partial charge in [0.15, 0.2) is 0 Å². The van der Waals surface area contributed by atoms with Crippen LogP contribution in [0.5, 0.6) is 0 Å². The summed E-state index contributed by atoms with van der Waals surface area (Å²) in [5, 5.41) is 9.01. The fourth-order valence-corrected chi connectivity index (χ4v) is 3.47. The van der Waals surface area contributed by atoms with Crippen molar-refractivity contribution in [3.63, 3.8) is 0 Å². The molecular weight excluding hydrogens is 302 g/mol. The highest BCUT2D eigenvalue weighted by atomic mass is 16.2. The Morgan fingerprint density at radius 2 is 1.92 bits per heavy atom. The molecule has 2 fully saturated rings. The molecule has 0 radical (unpaired) electrons. The number of hydrogen-bond acceptors (Lipinski definition) is 4. The summed E-state index contributed by atoms with van der Waals surface area (Å²) >= 11 is 0. The van der Waals surface area contributed by atoms with Crippen LogP contribution in [0.4, 0.5) is 0 Å². The summed E-state index contributed by atoms with van der Waals surface area (Å²) in [6.45, 7) is 4.46. The topological polar surface area (TPSA) is 54.3 Å². The fourth-order valence-electron chi connectivity index (χ4n) is 3.47. The molecule has 0 spiro atoms. The second-order valence-corrected chi connectivity index (χ2v) is 7.24. The number of rotatable bonds is 6. The SMILES string of the molecule is C/C=C/CC(=O)N1CCC(c2nnc(CN(C)C)n2C2CC2)CC1. The Bertz CT molecular complexity index is 595. The minimum atomic E-state index is 0.239. The van der Waals surface area contributed by atoms with Crippen molar-refractivity contribution in [2.45, 2.75) is 57.5 Å². The predicted molar refractivity (Wildman–Crippen MR) is 93.7 cm³/mol. The number of amides is 1. The van der Waals surface area contributed by atoms with Gasteiger partial charge in [-0.3, -0.25) is 4.79 Å². The van der Waals surface area contributed by atoms with Crippen LogP contribution in [0.2, 0.25) is 0 Å². The van der Waals surface area contributed by atoms with E-state index in [2.05, 4.69) is 33.8 Å². The van der Waals surface area contributed by atoms with Crippen LogP contribution in [0.25, 0.3) is 0 Å². The van der Waals surface area contributed by atoms with Gasteiger partial charge in [-0.25, -0.2) is 0 Å². The maximum atomic E-state index is 12.1. The lowest BCUT2D eigenvalue weighted by Crippen LogP contribution is -2.38. The number of likely N-dealkylation sites (tertiary alicyclic amines) is 1. The van der Waals surface area contributed by atoms with Crippen LogP contribution in [-0.2, 0) is 11.3 Å². The first-order chi connectivity index (χ1) is 11.6. The summed E-state index contributed by atoms with van der Waals surface area (Å²) in [6, 6.07) is 0.597. The van der Waals surface area contributed by atoms with E-state index in [4.69, 9.17) is 0 Å². The van der Waals surface area contributed by atoms with Gasteiger partial charge >= 0.3 is 0 Å². The molecule has 6 nitrogen and oxygen atoms in total. The third kappa shape index (κ3) is 3.86. The number of nitrogens with zero attached hydrogens (tertiary/aromatic N) is 5. The van der Waals surface area contributed by atoms with Crippen LogP contribution in [0.3, 0.4) is 0 Å². The van der Waals surface area contributed by atoms with E-state index in [0.29, 0.717) is 18.4 Å². The highest BCUT2D eigenvalue weighted by Crippen LogP contribution is 2.40. The third-order valence-electron chi connectivity index (χ3n) is 4.90. The summed E-state index contributed by atoms with van der Waals surface area (Å²) in [4.78, 5) is 16.3. The van der Waals surface area contributed by atoms with Crippen molar-refractivity contribution in [2.75, 3.05) is 27.2 Å². The molecule has 2 aliphatic rings. The van der Waals surface area contributed by atoms with Gasteiger partial charge in [0.25, 0.3) is 0 Å². The van der Waals surface area contributed by atoms with Crippen LogP contribution >= 0.6 is 0 Å². The molecule has 2 heterocycles. The highest BCUT2D eigenvalue weighted by molar-refractivity contribution is 5.77. The van der Waals surface area contributed by atoms with Gasteiger partial charge in [0, 0.05) is 31.5 Å². The first-order valence-corrected chi connectivity index (χ1v) is 9.07. The number of aromatic nitrogens is 3. The van der Waals surface area contributed by atoms with E-state index < -0.39 is 0 Å². The standard InChI is InChI=1S/C18H29N5O/c1-4-5-6-17(24)22-11-9-14(10-12-22)18-20-19-16(13-21(2)3)23(18)15-7-8-15/h4-5,14-15H,6-13H2,1-3H3/b5-4+. The number of carbonyl (C=O) groups excluding carboxylic acids is 1. The van der Waals surface area contributed by atoms with Gasteiger partial charge in [0.1, 0.15) is 11.6 Å². The Morgan fingerprint density at radius 3 is 2.50 bits per heavy atom. The Kier molecular flexibility index (Phi) is 5.33. The summed E-state index contributed by atoms with van der Waals surface area (Å²) in [5.74, 6) is 2.90. The molecule has 1 aliphatic carbocycles. The summed E-state index contributed by atoms with van der Waals surface area (Å²) in [5.41, 5.74) is 0. The van der Waals surface area contributed by atoms with Crippen LogP contribution in [0, 0.1) is 0 Å². The molecule has 1 saturated heterocycles. The van der Waals surface area contributed by atoms with Crippen LogP contribution in [-0.4, -0.2) is 57.7 Å². The Morgan fingerprint density at radius 1 is 1.21 bits per heavy atom.